The summed E-state index contributed by atoms with van der Waals surface area (Å²) in [5, 5.41) is 9.47. The van der Waals surface area contributed by atoms with Crippen LogP contribution in [0.3, 0.4) is 0 Å². The molecule has 1 heterocycles. The highest BCUT2D eigenvalue weighted by molar-refractivity contribution is 5.31. The molecule has 0 aromatic heterocycles. The van der Waals surface area contributed by atoms with Crippen molar-refractivity contribution in [2.45, 2.75) is 6.10 Å². The summed E-state index contributed by atoms with van der Waals surface area (Å²) in [6, 6.07) is 7.23. The minimum absolute atomic E-state index is 0.650. The molecule has 0 amide bonds. The standard InChI is InChI=1S/C15H19NO3/c1-2-15(17)13-3-5-14(6-4-13)19-12-9-16-7-10-18-11-8-16/h1,3-6,15,17H,7-12H2/t15-/m1/s1. The molecular formula is C15H19NO3. The molecule has 1 aliphatic heterocycles. The summed E-state index contributed by atoms with van der Waals surface area (Å²) in [6.07, 6.45) is 4.31. The molecule has 102 valence electrons. The SMILES string of the molecule is C#C[C@@H](O)c1ccc(OCCN2CCOCC2)cc1. The van der Waals surface area contributed by atoms with Crippen LogP contribution in [-0.4, -0.2) is 49.5 Å². The average molecular weight is 261 g/mol. The minimum atomic E-state index is -0.845. The maximum absolute atomic E-state index is 9.47. The molecule has 1 fully saturated rings. The number of benzene rings is 1. The Balaban J connectivity index is 1.75. The molecule has 1 aromatic carbocycles. The van der Waals surface area contributed by atoms with Gasteiger partial charge in [0.05, 0.1) is 13.2 Å². The van der Waals surface area contributed by atoms with Crippen LogP contribution in [-0.2, 0) is 4.74 Å². The van der Waals surface area contributed by atoms with E-state index in [2.05, 4.69) is 10.8 Å². The monoisotopic (exact) mass is 261 g/mol. The van der Waals surface area contributed by atoms with Gasteiger partial charge in [-0.3, -0.25) is 4.90 Å². The number of ether oxygens (including phenoxy) is 2. The van der Waals surface area contributed by atoms with Crippen molar-refractivity contribution >= 4 is 0 Å². The molecule has 1 atom stereocenters. The Hall–Kier alpha value is -1.54. The van der Waals surface area contributed by atoms with Gasteiger partial charge in [0, 0.05) is 19.6 Å². The van der Waals surface area contributed by atoms with Crippen molar-refractivity contribution in [2.75, 3.05) is 39.5 Å². The van der Waals surface area contributed by atoms with E-state index in [1.807, 2.05) is 12.1 Å². The van der Waals surface area contributed by atoms with Crippen LogP contribution in [0.1, 0.15) is 11.7 Å². The second-order valence-electron chi connectivity index (χ2n) is 4.44. The second kappa shape index (κ2) is 7.15. The van der Waals surface area contributed by atoms with Crippen LogP contribution in [0.25, 0.3) is 0 Å². The molecule has 4 heteroatoms. The molecule has 2 rings (SSSR count). The Kier molecular flexibility index (Phi) is 5.22. The number of nitrogens with zero attached hydrogens (tertiary/aromatic N) is 1. The molecule has 1 N–H and O–H groups in total. The zero-order chi connectivity index (χ0) is 13.5. The van der Waals surface area contributed by atoms with Crippen LogP contribution >= 0.6 is 0 Å². The van der Waals surface area contributed by atoms with E-state index in [9.17, 15) is 5.11 Å². The van der Waals surface area contributed by atoms with Gasteiger partial charge in [0.15, 0.2) is 0 Å². The molecular weight excluding hydrogens is 242 g/mol. The van der Waals surface area contributed by atoms with E-state index in [0.29, 0.717) is 12.2 Å². The molecule has 0 radical (unpaired) electrons. The van der Waals surface area contributed by atoms with Crippen LogP contribution in [0.15, 0.2) is 24.3 Å². The van der Waals surface area contributed by atoms with Crippen LogP contribution in [0.4, 0.5) is 0 Å². The van der Waals surface area contributed by atoms with Gasteiger partial charge in [0.2, 0.25) is 0 Å². The average Bonchev–Trinajstić information content (AvgIpc) is 2.48. The van der Waals surface area contributed by atoms with Crippen molar-refractivity contribution in [1.82, 2.24) is 4.90 Å². The van der Waals surface area contributed by atoms with E-state index < -0.39 is 6.10 Å². The second-order valence-corrected chi connectivity index (χ2v) is 4.44. The van der Waals surface area contributed by atoms with Crippen molar-refractivity contribution in [2.24, 2.45) is 0 Å². The lowest BCUT2D eigenvalue weighted by Gasteiger charge is -2.26. The van der Waals surface area contributed by atoms with Crippen molar-refractivity contribution in [3.63, 3.8) is 0 Å². The summed E-state index contributed by atoms with van der Waals surface area (Å²) in [5.41, 5.74) is 0.711. The number of aliphatic hydroxyl groups excluding tert-OH is 1. The van der Waals surface area contributed by atoms with Gasteiger partial charge in [-0.15, -0.1) is 6.42 Å². The van der Waals surface area contributed by atoms with Gasteiger partial charge >= 0.3 is 0 Å². The molecule has 0 spiro atoms. The van der Waals surface area contributed by atoms with Gasteiger partial charge in [-0.05, 0) is 17.7 Å². The van der Waals surface area contributed by atoms with Crippen LogP contribution in [0, 0.1) is 12.3 Å². The van der Waals surface area contributed by atoms with Gasteiger partial charge < -0.3 is 14.6 Å². The summed E-state index contributed by atoms with van der Waals surface area (Å²) in [4.78, 5) is 2.32. The first-order chi connectivity index (χ1) is 9.29. The predicted molar refractivity (Wildman–Crippen MR) is 73.0 cm³/mol. The smallest absolute Gasteiger partial charge is 0.139 e. The molecule has 0 aliphatic carbocycles. The zero-order valence-electron chi connectivity index (χ0n) is 10.9. The largest absolute Gasteiger partial charge is 0.492 e. The lowest BCUT2D eigenvalue weighted by Crippen LogP contribution is -2.38. The normalized spacial score (nSPS) is 17.7. The number of rotatable bonds is 5. The number of terminal acetylenes is 1. The quantitative estimate of drug-likeness (QED) is 0.805. The molecule has 4 nitrogen and oxygen atoms in total. The summed E-state index contributed by atoms with van der Waals surface area (Å²) in [6.45, 7) is 5.10. The third kappa shape index (κ3) is 4.25. The fourth-order valence-corrected chi connectivity index (χ4v) is 1.96. The van der Waals surface area contributed by atoms with Gasteiger partial charge in [0.25, 0.3) is 0 Å². The highest BCUT2D eigenvalue weighted by Gasteiger charge is 2.09. The molecule has 0 bridgehead atoms. The van der Waals surface area contributed by atoms with E-state index >= 15 is 0 Å². The Morgan fingerprint density at radius 1 is 1.32 bits per heavy atom. The Bertz CT molecular complexity index is 418. The molecule has 1 aliphatic rings. The summed E-state index contributed by atoms with van der Waals surface area (Å²) in [7, 11) is 0. The zero-order valence-corrected chi connectivity index (χ0v) is 10.9. The summed E-state index contributed by atoms with van der Waals surface area (Å²) in [5.74, 6) is 3.08. The third-order valence-corrected chi connectivity index (χ3v) is 3.13. The molecule has 1 aromatic rings. The van der Waals surface area contributed by atoms with Crippen molar-refractivity contribution in [3.8, 4) is 18.1 Å². The summed E-state index contributed by atoms with van der Waals surface area (Å²) >= 11 is 0. The van der Waals surface area contributed by atoms with E-state index in [-0.39, 0.29) is 0 Å². The van der Waals surface area contributed by atoms with E-state index in [0.717, 1.165) is 38.6 Å². The first-order valence-electron chi connectivity index (χ1n) is 6.46. The molecule has 19 heavy (non-hydrogen) atoms. The molecule has 1 saturated heterocycles. The van der Waals surface area contributed by atoms with Gasteiger partial charge in [-0.2, -0.15) is 0 Å². The predicted octanol–water partition coefficient (Wildman–Crippen LogP) is 1.06. The van der Waals surface area contributed by atoms with Crippen molar-refractivity contribution < 1.29 is 14.6 Å². The lowest BCUT2D eigenvalue weighted by atomic mass is 10.1. The van der Waals surface area contributed by atoms with E-state index in [1.165, 1.54) is 0 Å². The number of aliphatic hydroxyl groups is 1. The fraction of sp³-hybridized carbons (Fsp3) is 0.467. The minimum Gasteiger partial charge on any atom is -0.492 e. The number of hydrogen-bond donors (Lipinski definition) is 1. The van der Waals surface area contributed by atoms with Crippen molar-refractivity contribution in [3.05, 3.63) is 29.8 Å². The molecule has 0 saturated carbocycles. The van der Waals surface area contributed by atoms with Crippen molar-refractivity contribution in [1.29, 1.82) is 0 Å². The Morgan fingerprint density at radius 3 is 2.63 bits per heavy atom. The number of hydrogen-bond acceptors (Lipinski definition) is 4. The maximum atomic E-state index is 9.47. The Labute approximate surface area is 113 Å². The maximum Gasteiger partial charge on any atom is 0.139 e. The highest BCUT2D eigenvalue weighted by Crippen LogP contribution is 2.17. The van der Waals surface area contributed by atoms with E-state index in [1.54, 1.807) is 12.1 Å². The first kappa shape index (κ1) is 13.9. The summed E-state index contributed by atoms with van der Waals surface area (Å²) < 4.78 is 10.9. The third-order valence-electron chi connectivity index (χ3n) is 3.13. The highest BCUT2D eigenvalue weighted by atomic mass is 16.5. The topological polar surface area (TPSA) is 41.9 Å². The fourth-order valence-electron chi connectivity index (χ4n) is 1.96. The van der Waals surface area contributed by atoms with Gasteiger partial charge in [-0.1, -0.05) is 18.1 Å². The van der Waals surface area contributed by atoms with E-state index in [4.69, 9.17) is 15.9 Å². The number of morpholine rings is 1. The molecule has 0 unspecified atom stereocenters. The first-order valence-corrected chi connectivity index (χ1v) is 6.46. The van der Waals surface area contributed by atoms with Crippen LogP contribution in [0.5, 0.6) is 5.75 Å². The van der Waals surface area contributed by atoms with Crippen LogP contribution < -0.4 is 4.74 Å². The van der Waals surface area contributed by atoms with Gasteiger partial charge in [0.1, 0.15) is 18.5 Å². The lowest BCUT2D eigenvalue weighted by molar-refractivity contribution is 0.0322. The van der Waals surface area contributed by atoms with Gasteiger partial charge in [-0.25, -0.2) is 0 Å². The Morgan fingerprint density at radius 2 is 2.00 bits per heavy atom. The van der Waals surface area contributed by atoms with Crippen LogP contribution in [0.2, 0.25) is 0 Å².